The molecular weight excluding hydrogens is 314 g/mol. The quantitative estimate of drug-likeness (QED) is 0.723. The molecule has 7 heteroatoms. The molecule has 0 aliphatic carbocycles. The van der Waals surface area contributed by atoms with E-state index in [-0.39, 0.29) is 18.3 Å². The Balaban J connectivity index is 0.00000264. The Bertz CT molecular complexity index is 607. The predicted octanol–water partition coefficient (Wildman–Crippen LogP) is 3.12. The molecule has 0 aliphatic heterocycles. The van der Waals surface area contributed by atoms with Gasteiger partial charge >= 0.3 is 0 Å². The minimum absolute atomic E-state index is 0. The van der Waals surface area contributed by atoms with Gasteiger partial charge in [-0.2, -0.15) is 5.10 Å². The minimum Gasteiger partial charge on any atom is -0.326 e. The normalized spacial score (nSPS) is 10.4. The average molecular weight is 338 g/mol. The fourth-order valence-corrected chi connectivity index (χ4v) is 2.27. The van der Waals surface area contributed by atoms with E-state index in [1.54, 1.807) is 0 Å². The van der Waals surface area contributed by atoms with Gasteiger partial charge in [-0.25, -0.2) is 4.98 Å². The van der Waals surface area contributed by atoms with Crippen LogP contribution in [0.25, 0.3) is 11.4 Å². The summed E-state index contributed by atoms with van der Waals surface area (Å²) in [6.07, 6.45) is 2.61. The number of nitrogens with two attached hydrogens (primary N) is 1. The summed E-state index contributed by atoms with van der Waals surface area (Å²) in [7, 11) is 0. The van der Waals surface area contributed by atoms with Crippen molar-refractivity contribution in [2.24, 2.45) is 11.7 Å². The summed E-state index contributed by atoms with van der Waals surface area (Å²) in [5.41, 5.74) is 7.17. The molecular formula is C16H24ClN5O. The molecule has 1 amide bonds. The number of anilines is 1. The van der Waals surface area contributed by atoms with Gasteiger partial charge in [-0.1, -0.05) is 26.7 Å². The van der Waals surface area contributed by atoms with Crippen molar-refractivity contribution in [1.82, 2.24) is 15.2 Å². The first-order chi connectivity index (χ1) is 10.7. The largest absolute Gasteiger partial charge is 0.326 e. The third-order valence-electron chi connectivity index (χ3n) is 3.78. The van der Waals surface area contributed by atoms with Crippen LogP contribution in [0.5, 0.6) is 0 Å². The predicted molar refractivity (Wildman–Crippen MR) is 94.3 cm³/mol. The lowest BCUT2D eigenvalue weighted by atomic mass is 9.99. The highest BCUT2D eigenvalue weighted by Gasteiger charge is 2.11. The van der Waals surface area contributed by atoms with E-state index in [4.69, 9.17) is 5.73 Å². The van der Waals surface area contributed by atoms with Crippen LogP contribution in [-0.4, -0.2) is 21.1 Å². The van der Waals surface area contributed by atoms with E-state index in [1.807, 2.05) is 24.3 Å². The van der Waals surface area contributed by atoms with Gasteiger partial charge in [-0.15, -0.1) is 12.4 Å². The summed E-state index contributed by atoms with van der Waals surface area (Å²) in [6.45, 7) is 4.56. The van der Waals surface area contributed by atoms with E-state index in [0.29, 0.717) is 30.5 Å². The van der Waals surface area contributed by atoms with Gasteiger partial charge in [-0.05, 0) is 30.2 Å². The fourth-order valence-electron chi connectivity index (χ4n) is 2.27. The molecule has 0 spiro atoms. The SMILES string of the molecule is CCC(CC)CC(=O)Nc1ccc(-c2n[nH]c(CN)n2)cc1.Cl. The summed E-state index contributed by atoms with van der Waals surface area (Å²) in [5, 5.41) is 9.81. The number of amides is 1. The van der Waals surface area contributed by atoms with Gasteiger partial charge in [0.15, 0.2) is 5.82 Å². The maximum Gasteiger partial charge on any atom is 0.224 e. The van der Waals surface area contributed by atoms with Crippen LogP contribution in [0.1, 0.15) is 38.9 Å². The maximum atomic E-state index is 12.0. The molecule has 1 aromatic heterocycles. The third-order valence-corrected chi connectivity index (χ3v) is 3.78. The molecule has 4 N–H and O–H groups in total. The molecule has 0 aliphatic rings. The molecule has 0 saturated heterocycles. The van der Waals surface area contributed by atoms with E-state index in [0.717, 1.165) is 24.1 Å². The number of hydrogen-bond acceptors (Lipinski definition) is 4. The molecule has 1 heterocycles. The van der Waals surface area contributed by atoms with Crippen LogP contribution < -0.4 is 11.1 Å². The van der Waals surface area contributed by atoms with E-state index in [9.17, 15) is 4.79 Å². The summed E-state index contributed by atoms with van der Waals surface area (Å²) in [4.78, 5) is 16.3. The topological polar surface area (TPSA) is 96.7 Å². The van der Waals surface area contributed by atoms with Crippen molar-refractivity contribution in [2.45, 2.75) is 39.7 Å². The Hall–Kier alpha value is -1.92. The van der Waals surface area contributed by atoms with Crippen LogP contribution in [0.2, 0.25) is 0 Å². The molecule has 0 unspecified atom stereocenters. The van der Waals surface area contributed by atoms with Gasteiger partial charge in [0.25, 0.3) is 0 Å². The second-order valence-corrected chi connectivity index (χ2v) is 5.32. The van der Waals surface area contributed by atoms with Crippen molar-refractivity contribution in [2.75, 3.05) is 5.32 Å². The Morgan fingerprint density at radius 2 is 1.91 bits per heavy atom. The summed E-state index contributed by atoms with van der Waals surface area (Å²) in [6, 6.07) is 7.49. The lowest BCUT2D eigenvalue weighted by Crippen LogP contribution is -2.15. The van der Waals surface area contributed by atoms with Gasteiger partial charge in [0.1, 0.15) is 5.82 Å². The minimum atomic E-state index is 0. The van der Waals surface area contributed by atoms with Crippen molar-refractivity contribution < 1.29 is 4.79 Å². The smallest absolute Gasteiger partial charge is 0.224 e. The Morgan fingerprint density at radius 3 is 2.43 bits per heavy atom. The highest BCUT2D eigenvalue weighted by Crippen LogP contribution is 2.19. The highest BCUT2D eigenvalue weighted by molar-refractivity contribution is 5.91. The molecule has 0 saturated carbocycles. The van der Waals surface area contributed by atoms with Crippen molar-refractivity contribution in [1.29, 1.82) is 0 Å². The van der Waals surface area contributed by atoms with Crippen LogP contribution in [0.15, 0.2) is 24.3 Å². The van der Waals surface area contributed by atoms with Gasteiger partial charge in [0, 0.05) is 17.7 Å². The van der Waals surface area contributed by atoms with Crippen molar-refractivity contribution in [3.63, 3.8) is 0 Å². The number of halogens is 1. The number of nitrogens with one attached hydrogen (secondary N) is 2. The lowest BCUT2D eigenvalue weighted by molar-refractivity contribution is -0.117. The number of carbonyl (C=O) groups excluding carboxylic acids is 1. The molecule has 0 radical (unpaired) electrons. The van der Waals surface area contributed by atoms with Crippen molar-refractivity contribution in [3.8, 4) is 11.4 Å². The zero-order chi connectivity index (χ0) is 15.9. The van der Waals surface area contributed by atoms with Gasteiger partial charge < -0.3 is 11.1 Å². The second kappa shape index (κ2) is 9.27. The number of hydrogen-bond donors (Lipinski definition) is 3. The van der Waals surface area contributed by atoms with Crippen LogP contribution in [-0.2, 0) is 11.3 Å². The van der Waals surface area contributed by atoms with Gasteiger partial charge in [0.05, 0.1) is 6.54 Å². The molecule has 0 atom stereocenters. The molecule has 126 valence electrons. The lowest BCUT2D eigenvalue weighted by Gasteiger charge is -2.12. The van der Waals surface area contributed by atoms with Crippen molar-refractivity contribution >= 4 is 24.0 Å². The number of aromatic nitrogens is 3. The second-order valence-electron chi connectivity index (χ2n) is 5.32. The van der Waals surface area contributed by atoms with Crippen LogP contribution in [0.3, 0.4) is 0 Å². The average Bonchev–Trinajstić information content (AvgIpc) is 3.02. The molecule has 1 aromatic carbocycles. The molecule has 2 rings (SSSR count). The zero-order valence-corrected chi connectivity index (χ0v) is 14.3. The number of nitrogens with zero attached hydrogens (tertiary/aromatic N) is 2. The van der Waals surface area contributed by atoms with E-state index < -0.39 is 0 Å². The zero-order valence-electron chi connectivity index (χ0n) is 13.5. The van der Waals surface area contributed by atoms with E-state index >= 15 is 0 Å². The molecule has 0 fully saturated rings. The maximum absolute atomic E-state index is 12.0. The van der Waals surface area contributed by atoms with Crippen molar-refractivity contribution in [3.05, 3.63) is 30.1 Å². The van der Waals surface area contributed by atoms with Crippen LogP contribution in [0.4, 0.5) is 5.69 Å². The number of carbonyl (C=O) groups is 1. The first-order valence-corrected chi connectivity index (χ1v) is 7.67. The Kier molecular flexibility index (Phi) is 7.71. The number of aromatic amines is 1. The molecule has 23 heavy (non-hydrogen) atoms. The molecule has 2 aromatic rings. The standard InChI is InChI=1S/C16H23N5O.ClH/c1-3-11(4-2)9-15(22)18-13-7-5-12(6-8-13)16-19-14(10-17)20-21-16;/h5-8,11H,3-4,9-10,17H2,1-2H3,(H,18,22)(H,19,20,21);1H. The highest BCUT2D eigenvalue weighted by atomic mass is 35.5. The number of rotatable bonds is 7. The van der Waals surface area contributed by atoms with Crippen LogP contribution >= 0.6 is 12.4 Å². The Morgan fingerprint density at radius 1 is 1.26 bits per heavy atom. The van der Waals surface area contributed by atoms with E-state index in [1.165, 1.54) is 0 Å². The van der Waals surface area contributed by atoms with Gasteiger partial charge in [0.2, 0.25) is 5.91 Å². The first-order valence-electron chi connectivity index (χ1n) is 7.67. The summed E-state index contributed by atoms with van der Waals surface area (Å²) >= 11 is 0. The number of H-pyrrole nitrogens is 1. The summed E-state index contributed by atoms with van der Waals surface area (Å²) < 4.78 is 0. The Labute approximate surface area is 142 Å². The molecule has 6 nitrogen and oxygen atoms in total. The van der Waals surface area contributed by atoms with Gasteiger partial charge in [-0.3, -0.25) is 9.89 Å². The first kappa shape index (κ1) is 19.1. The molecule has 0 bridgehead atoms. The number of benzene rings is 1. The van der Waals surface area contributed by atoms with Crippen LogP contribution in [0, 0.1) is 5.92 Å². The monoisotopic (exact) mass is 337 g/mol. The fraction of sp³-hybridized carbons (Fsp3) is 0.438. The summed E-state index contributed by atoms with van der Waals surface area (Å²) in [5.74, 6) is 1.76. The van der Waals surface area contributed by atoms with E-state index in [2.05, 4.69) is 34.3 Å². The third kappa shape index (κ3) is 5.33.